The first-order valence-corrected chi connectivity index (χ1v) is 7.08. The fraction of sp³-hybridized carbons (Fsp3) is 0.250. The van der Waals surface area contributed by atoms with Gasteiger partial charge in [0.1, 0.15) is 6.54 Å². The number of carboxylic acid groups (broad SMARTS) is 1. The van der Waals surface area contributed by atoms with Gasteiger partial charge in [0.25, 0.3) is 0 Å². The Balaban J connectivity index is 3.11. The van der Waals surface area contributed by atoms with Gasteiger partial charge in [0.2, 0.25) is 10.0 Å². The summed E-state index contributed by atoms with van der Waals surface area (Å²) in [5, 5.41) is 8.49. The highest BCUT2D eigenvalue weighted by Gasteiger charge is 2.30. The van der Waals surface area contributed by atoms with Crippen molar-refractivity contribution in [3.8, 4) is 0 Å². The smallest absolute Gasteiger partial charge is 0.402 e. The molecule has 0 atom stereocenters. The number of alkyl halides is 3. The quantitative estimate of drug-likeness (QED) is 0.811. The number of carbonyl (C=O) groups is 1. The van der Waals surface area contributed by atoms with E-state index in [0.717, 1.165) is 18.2 Å². The Morgan fingerprint density at radius 1 is 1.38 bits per heavy atom. The molecular formula is C12H12F3NO4S. The molecule has 0 aliphatic rings. The van der Waals surface area contributed by atoms with Crippen molar-refractivity contribution < 1.29 is 31.5 Å². The maximum Gasteiger partial charge on any atom is 0.402 e. The minimum absolute atomic E-state index is 0.246. The fourth-order valence-corrected chi connectivity index (χ4v) is 2.72. The standard InChI is InChI=1S/C12H12F3NO4S/c1-8-2-3-9(4-5-11(17)18)6-10(8)21(19,20)16-7-12(13,14)15/h2-6,16H,7H2,1H3,(H,17,18). The number of carboxylic acids is 1. The molecule has 0 spiro atoms. The minimum atomic E-state index is -4.66. The van der Waals surface area contributed by atoms with E-state index in [4.69, 9.17) is 5.11 Å². The van der Waals surface area contributed by atoms with Crippen LogP contribution >= 0.6 is 0 Å². The first kappa shape index (κ1) is 17.2. The monoisotopic (exact) mass is 323 g/mol. The van der Waals surface area contributed by atoms with Crippen LogP contribution in [0.25, 0.3) is 6.08 Å². The highest BCUT2D eigenvalue weighted by molar-refractivity contribution is 7.89. The lowest BCUT2D eigenvalue weighted by Crippen LogP contribution is -2.34. The molecule has 1 aromatic rings. The predicted molar refractivity (Wildman–Crippen MR) is 69.1 cm³/mol. The van der Waals surface area contributed by atoms with Crippen molar-refractivity contribution in [2.24, 2.45) is 0 Å². The van der Waals surface area contributed by atoms with Crippen molar-refractivity contribution in [1.82, 2.24) is 4.72 Å². The maximum absolute atomic E-state index is 12.1. The third-order valence-corrected chi connectivity index (χ3v) is 3.93. The lowest BCUT2D eigenvalue weighted by atomic mass is 10.1. The molecule has 0 aliphatic carbocycles. The summed E-state index contributed by atoms with van der Waals surface area (Å²) >= 11 is 0. The summed E-state index contributed by atoms with van der Waals surface area (Å²) < 4.78 is 61.4. The van der Waals surface area contributed by atoms with E-state index in [1.54, 1.807) is 0 Å². The number of aliphatic carboxylic acids is 1. The number of rotatable bonds is 5. The molecule has 0 aliphatic heterocycles. The van der Waals surface area contributed by atoms with Crippen LogP contribution in [0.1, 0.15) is 11.1 Å². The molecular weight excluding hydrogens is 311 g/mol. The van der Waals surface area contributed by atoms with Crippen molar-refractivity contribution >= 4 is 22.1 Å². The van der Waals surface area contributed by atoms with Crippen molar-refractivity contribution in [2.45, 2.75) is 18.0 Å². The zero-order valence-electron chi connectivity index (χ0n) is 10.8. The van der Waals surface area contributed by atoms with Crippen LogP contribution in [0, 0.1) is 6.92 Å². The molecule has 0 unspecified atom stereocenters. The largest absolute Gasteiger partial charge is 0.478 e. The molecule has 0 aromatic heterocycles. The molecule has 0 bridgehead atoms. The second kappa shape index (κ2) is 6.27. The molecule has 0 radical (unpaired) electrons. The van der Waals surface area contributed by atoms with Gasteiger partial charge >= 0.3 is 12.1 Å². The third kappa shape index (κ3) is 5.56. The summed E-state index contributed by atoms with van der Waals surface area (Å²) in [5.74, 6) is -1.23. The summed E-state index contributed by atoms with van der Waals surface area (Å²) in [7, 11) is -4.34. The van der Waals surface area contributed by atoms with Gasteiger partial charge in [-0.2, -0.15) is 13.2 Å². The highest BCUT2D eigenvalue weighted by atomic mass is 32.2. The first-order chi connectivity index (χ1) is 9.51. The molecule has 0 heterocycles. The maximum atomic E-state index is 12.1. The van der Waals surface area contributed by atoms with E-state index >= 15 is 0 Å². The van der Waals surface area contributed by atoms with Crippen molar-refractivity contribution in [1.29, 1.82) is 0 Å². The van der Waals surface area contributed by atoms with E-state index in [0.29, 0.717) is 0 Å². The SMILES string of the molecule is Cc1ccc(C=CC(=O)O)cc1S(=O)(=O)NCC(F)(F)F. The number of nitrogens with one attached hydrogen (secondary N) is 1. The predicted octanol–water partition coefficient (Wildman–Crippen LogP) is 1.93. The Morgan fingerprint density at radius 3 is 2.52 bits per heavy atom. The lowest BCUT2D eigenvalue weighted by Gasteiger charge is -2.11. The van der Waals surface area contributed by atoms with Crippen LogP contribution in [0.2, 0.25) is 0 Å². The molecule has 116 valence electrons. The Bertz CT molecular complexity index is 666. The number of benzene rings is 1. The van der Waals surface area contributed by atoms with Crippen LogP contribution in [0.3, 0.4) is 0 Å². The number of hydrogen-bond acceptors (Lipinski definition) is 3. The van der Waals surface area contributed by atoms with Crippen LogP contribution in [-0.2, 0) is 14.8 Å². The summed E-state index contributed by atoms with van der Waals surface area (Å²) in [6.07, 6.45) is -2.73. The van der Waals surface area contributed by atoms with Gasteiger partial charge in [-0.1, -0.05) is 12.1 Å². The molecule has 5 nitrogen and oxygen atoms in total. The minimum Gasteiger partial charge on any atom is -0.478 e. The van der Waals surface area contributed by atoms with Gasteiger partial charge in [-0.25, -0.2) is 17.9 Å². The van der Waals surface area contributed by atoms with Gasteiger partial charge in [-0.15, -0.1) is 0 Å². The second-order valence-electron chi connectivity index (χ2n) is 4.14. The number of halogens is 3. The average Bonchev–Trinajstić information content (AvgIpc) is 2.34. The molecule has 21 heavy (non-hydrogen) atoms. The summed E-state index contributed by atoms with van der Waals surface area (Å²) in [5.41, 5.74) is 0.493. The van der Waals surface area contributed by atoms with Crippen molar-refractivity contribution in [3.63, 3.8) is 0 Å². The molecule has 0 amide bonds. The van der Waals surface area contributed by atoms with Gasteiger partial charge in [0.15, 0.2) is 0 Å². The van der Waals surface area contributed by atoms with Crippen LogP contribution in [0.15, 0.2) is 29.2 Å². The fourth-order valence-electron chi connectivity index (χ4n) is 1.43. The van der Waals surface area contributed by atoms with E-state index in [1.165, 1.54) is 23.8 Å². The normalized spacial score (nSPS) is 12.8. The number of aryl methyl sites for hydroxylation is 1. The summed E-state index contributed by atoms with van der Waals surface area (Å²) in [4.78, 5) is 10.1. The zero-order chi connectivity index (χ0) is 16.3. The lowest BCUT2D eigenvalue weighted by molar-refractivity contribution is -0.131. The van der Waals surface area contributed by atoms with Gasteiger partial charge in [0.05, 0.1) is 4.90 Å². The molecule has 1 aromatic carbocycles. The average molecular weight is 323 g/mol. The van der Waals surface area contributed by atoms with E-state index < -0.39 is 28.7 Å². The van der Waals surface area contributed by atoms with E-state index in [2.05, 4.69) is 0 Å². The summed E-state index contributed by atoms with van der Waals surface area (Å²) in [6, 6.07) is 3.94. The second-order valence-corrected chi connectivity index (χ2v) is 5.87. The van der Waals surface area contributed by atoms with E-state index in [1.807, 2.05) is 0 Å². The molecule has 1 rings (SSSR count). The molecule has 9 heteroatoms. The molecule has 0 saturated heterocycles. The van der Waals surface area contributed by atoms with Crippen LogP contribution in [0.4, 0.5) is 13.2 Å². The third-order valence-electron chi connectivity index (χ3n) is 2.38. The number of hydrogen-bond donors (Lipinski definition) is 2. The van der Waals surface area contributed by atoms with Gasteiger partial charge in [-0.05, 0) is 30.2 Å². The Hall–Kier alpha value is -1.87. The Labute approximate surface area is 119 Å². The van der Waals surface area contributed by atoms with Gasteiger partial charge < -0.3 is 5.11 Å². The molecule has 0 saturated carbocycles. The number of sulfonamides is 1. The zero-order valence-corrected chi connectivity index (χ0v) is 11.6. The first-order valence-electron chi connectivity index (χ1n) is 5.59. The van der Waals surface area contributed by atoms with Gasteiger partial charge in [0, 0.05) is 6.08 Å². The Kier molecular flexibility index (Phi) is 5.13. The molecule has 0 fully saturated rings. The van der Waals surface area contributed by atoms with E-state index in [9.17, 15) is 26.4 Å². The Morgan fingerprint density at radius 2 is 2.00 bits per heavy atom. The van der Waals surface area contributed by atoms with Crippen molar-refractivity contribution in [2.75, 3.05) is 6.54 Å². The topological polar surface area (TPSA) is 83.5 Å². The molecule has 2 N–H and O–H groups in total. The highest BCUT2D eigenvalue weighted by Crippen LogP contribution is 2.20. The van der Waals surface area contributed by atoms with Crippen LogP contribution in [-0.4, -0.2) is 32.2 Å². The van der Waals surface area contributed by atoms with Crippen LogP contribution < -0.4 is 4.72 Å². The van der Waals surface area contributed by atoms with Crippen LogP contribution in [0.5, 0.6) is 0 Å². The summed E-state index contributed by atoms with van der Waals surface area (Å²) in [6.45, 7) is -0.253. The van der Waals surface area contributed by atoms with Crippen molar-refractivity contribution in [3.05, 3.63) is 35.4 Å². The van der Waals surface area contributed by atoms with Gasteiger partial charge in [-0.3, -0.25) is 0 Å². The van der Waals surface area contributed by atoms with E-state index in [-0.39, 0.29) is 16.0 Å².